The van der Waals surface area contributed by atoms with E-state index in [0.29, 0.717) is 22.0 Å². The summed E-state index contributed by atoms with van der Waals surface area (Å²) >= 11 is 4.33. The van der Waals surface area contributed by atoms with Crippen LogP contribution in [0.1, 0.15) is 0 Å². The average molecular weight is 298 g/mol. The van der Waals surface area contributed by atoms with Crippen molar-refractivity contribution in [2.45, 2.75) is 4.90 Å². The second-order valence-corrected chi connectivity index (χ2v) is 4.60. The first-order valence-corrected chi connectivity index (χ1v) is 6.58. The van der Waals surface area contributed by atoms with Crippen LogP contribution in [-0.4, -0.2) is 10.1 Å². The van der Waals surface area contributed by atoms with Crippen LogP contribution in [0.5, 0.6) is 5.88 Å². The van der Waals surface area contributed by atoms with Crippen molar-refractivity contribution < 1.29 is 5.11 Å². The summed E-state index contributed by atoms with van der Waals surface area (Å²) in [6.07, 6.45) is 1.42. The molecule has 0 saturated heterocycles. The van der Waals surface area contributed by atoms with Crippen LogP contribution >= 0.6 is 12.6 Å². The minimum atomic E-state index is -0.0660. The van der Waals surface area contributed by atoms with Crippen LogP contribution in [0.15, 0.2) is 75.9 Å². The molecule has 0 radical (unpaired) electrons. The van der Waals surface area contributed by atoms with Gasteiger partial charge in [-0.25, -0.2) is 4.98 Å². The largest absolute Gasteiger partial charge is 0.493 e. The zero-order valence-electron chi connectivity index (χ0n) is 11.1. The Morgan fingerprint density at radius 3 is 2.48 bits per heavy atom. The van der Waals surface area contributed by atoms with Crippen LogP contribution in [0.3, 0.4) is 0 Å². The Bertz CT molecular complexity index is 700. The number of nitrogens with zero attached hydrogens (tertiary/aromatic N) is 3. The Kier molecular flexibility index (Phi) is 5.11. The van der Waals surface area contributed by atoms with E-state index in [0.717, 1.165) is 0 Å². The lowest BCUT2D eigenvalue weighted by atomic mass is 10.3. The summed E-state index contributed by atoms with van der Waals surface area (Å²) in [5.41, 5.74) is 7.44. The van der Waals surface area contributed by atoms with E-state index in [-0.39, 0.29) is 5.88 Å². The average Bonchev–Trinajstić information content (AvgIpc) is 2.48. The van der Waals surface area contributed by atoms with Gasteiger partial charge in [0.15, 0.2) is 0 Å². The number of nitrogens with two attached hydrogens (primary N) is 1. The number of hydrogen-bond donors (Lipinski definition) is 3. The molecule has 3 N–H and O–H groups in total. The molecule has 0 spiro atoms. The summed E-state index contributed by atoms with van der Waals surface area (Å²) in [5, 5.41) is 17.3. The number of rotatable bonds is 2. The Labute approximate surface area is 127 Å². The van der Waals surface area contributed by atoms with Crippen molar-refractivity contribution in [3.8, 4) is 5.88 Å². The molecule has 2 aromatic rings. The van der Waals surface area contributed by atoms with Gasteiger partial charge in [0.2, 0.25) is 5.88 Å². The maximum atomic E-state index is 9.12. The van der Waals surface area contributed by atoms with E-state index in [2.05, 4.69) is 27.8 Å². The van der Waals surface area contributed by atoms with E-state index in [1.807, 2.05) is 30.3 Å². The van der Waals surface area contributed by atoms with Crippen LogP contribution in [0.2, 0.25) is 0 Å². The van der Waals surface area contributed by atoms with E-state index in [4.69, 9.17) is 10.8 Å². The van der Waals surface area contributed by atoms with E-state index in [1.54, 1.807) is 18.2 Å². The molecule has 0 aliphatic carbocycles. The van der Waals surface area contributed by atoms with E-state index in [9.17, 15) is 0 Å². The van der Waals surface area contributed by atoms with Gasteiger partial charge in [-0.15, -0.1) is 22.9 Å². The summed E-state index contributed by atoms with van der Waals surface area (Å²) in [6.45, 7) is 0. The van der Waals surface area contributed by atoms with E-state index >= 15 is 0 Å². The molecule has 1 aromatic carbocycles. The molecule has 0 bridgehead atoms. The second kappa shape index (κ2) is 7.25. The van der Waals surface area contributed by atoms with Crippen LogP contribution in [0, 0.1) is 0 Å². The number of hydrogen-bond acceptors (Lipinski definition) is 6. The highest BCUT2D eigenvalue weighted by molar-refractivity contribution is 7.80. The molecule has 2 rings (SSSR count). The molecule has 21 heavy (non-hydrogen) atoms. The highest BCUT2D eigenvalue weighted by Gasteiger charge is 1.96. The topological polar surface area (TPSA) is 83.9 Å². The number of aromatic nitrogens is 1. The van der Waals surface area contributed by atoms with E-state index < -0.39 is 0 Å². The smallest absolute Gasteiger partial charge is 0.210 e. The molecule has 106 valence electrons. The number of azo groups is 1. The first kappa shape index (κ1) is 14.8. The summed E-state index contributed by atoms with van der Waals surface area (Å²) in [5.74, 6) is -0.0660. The van der Waals surface area contributed by atoms with Gasteiger partial charge in [0.1, 0.15) is 11.4 Å². The van der Waals surface area contributed by atoms with Gasteiger partial charge in [0.25, 0.3) is 0 Å². The number of aromatic hydroxyl groups is 1. The Morgan fingerprint density at radius 2 is 1.76 bits per heavy atom. The Morgan fingerprint density at radius 1 is 1.00 bits per heavy atom. The molecule has 1 heterocycles. The molecular formula is C15H14N4OS. The molecule has 0 aliphatic heterocycles. The molecule has 0 aliphatic rings. The van der Waals surface area contributed by atoms with Gasteiger partial charge in [0.05, 0.1) is 11.9 Å². The van der Waals surface area contributed by atoms with Crippen LogP contribution in [0.4, 0.5) is 17.1 Å². The van der Waals surface area contributed by atoms with Gasteiger partial charge in [-0.1, -0.05) is 24.3 Å². The van der Waals surface area contributed by atoms with Crippen molar-refractivity contribution in [1.82, 2.24) is 4.98 Å². The Balaban J connectivity index is 2.43. The first-order valence-electron chi connectivity index (χ1n) is 6.14. The fourth-order valence-corrected chi connectivity index (χ4v) is 1.64. The fraction of sp³-hybridized carbons (Fsp3) is 0. The zero-order valence-corrected chi connectivity index (χ0v) is 12.0. The van der Waals surface area contributed by atoms with Crippen LogP contribution in [0.25, 0.3) is 0 Å². The fourth-order valence-electron chi connectivity index (χ4n) is 1.43. The van der Waals surface area contributed by atoms with Crippen molar-refractivity contribution >= 4 is 29.7 Å². The summed E-state index contributed by atoms with van der Waals surface area (Å²) in [7, 11) is 0. The van der Waals surface area contributed by atoms with Gasteiger partial charge in [0, 0.05) is 11.0 Å². The van der Waals surface area contributed by atoms with Crippen molar-refractivity contribution in [3.63, 3.8) is 0 Å². The molecule has 0 fully saturated rings. The quantitative estimate of drug-likeness (QED) is 0.574. The summed E-state index contributed by atoms with van der Waals surface area (Å²) in [4.78, 5) is 4.43. The summed E-state index contributed by atoms with van der Waals surface area (Å²) < 4.78 is 0. The predicted molar refractivity (Wildman–Crippen MR) is 85.8 cm³/mol. The lowest BCUT2D eigenvalue weighted by Gasteiger charge is -1.96. The van der Waals surface area contributed by atoms with Crippen molar-refractivity contribution in [2.75, 3.05) is 5.73 Å². The van der Waals surface area contributed by atoms with Crippen molar-refractivity contribution in [2.24, 2.45) is 10.2 Å². The highest BCUT2D eigenvalue weighted by atomic mass is 32.1. The molecule has 0 atom stereocenters. The SMILES string of the molecule is Nc1ccccccc(S)cc1/N=N/c1ccc(O)nc1. The van der Waals surface area contributed by atoms with Crippen molar-refractivity contribution in [1.29, 1.82) is 0 Å². The van der Waals surface area contributed by atoms with Crippen LogP contribution < -0.4 is 5.73 Å². The first-order chi connectivity index (χ1) is 10.1. The number of pyridine rings is 1. The van der Waals surface area contributed by atoms with Gasteiger partial charge in [-0.3, -0.25) is 0 Å². The van der Waals surface area contributed by atoms with Crippen molar-refractivity contribution in [3.05, 3.63) is 60.8 Å². The third kappa shape index (κ3) is 4.77. The number of thiol groups is 1. The molecule has 0 amide bonds. The second-order valence-electron chi connectivity index (χ2n) is 4.09. The third-order valence-corrected chi connectivity index (χ3v) is 2.74. The molecular weight excluding hydrogens is 284 g/mol. The minimum absolute atomic E-state index is 0.0660. The number of anilines is 1. The monoisotopic (exact) mass is 298 g/mol. The van der Waals surface area contributed by atoms with Gasteiger partial charge in [-0.05, 0) is 24.3 Å². The zero-order chi connectivity index (χ0) is 15.1. The standard InChI is InChI=1S/C15H14N4OS/c16-13-6-4-2-1-3-5-12(21)9-14(13)19-18-11-7-8-15(20)17-10-11/h1-10,21H,16H2,(H,17,20)/b2-1?,3-1?,4-2?,5-3?,6-4?,12-5?,12-9?,13-6?,14-9?,14-13?,19-18+. The molecule has 1 aromatic heterocycles. The normalized spacial score (nSPS) is 10.3. The highest BCUT2D eigenvalue weighted by Crippen LogP contribution is 2.24. The molecule has 6 heteroatoms. The van der Waals surface area contributed by atoms with Gasteiger partial charge < -0.3 is 10.8 Å². The molecule has 0 saturated carbocycles. The number of nitrogen functional groups attached to an aromatic ring is 1. The lowest BCUT2D eigenvalue weighted by Crippen LogP contribution is -1.82. The van der Waals surface area contributed by atoms with Gasteiger partial charge >= 0.3 is 0 Å². The summed E-state index contributed by atoms with van der Waals surface area (Å²) in [6, 6.07) is 15.7. The Hall–Kier alpha value is -2.60. The van der Waals surface area contributed by atoms with Gasteiger partial charge in [-0.2, -0.15) is 0 Å². The maximum absolute atomic E-state index is 9.12. The lowest BCUT2D eigenvalue weighted by molar-refractivity contribution is 0.453. The maximum Gasteiger partial charge on any atom is 0.210 e. The van der Waals surface area contributed by atoms with Crippen LogP contribution in [-0.2, 0) is 0 Å². The predicted octanol–water partition coefficient (Wildman–Crippen LogP) is 4.20. The van der Waals surface area contributed by atoms with E-state index in [1.165, 1.54) is 12.3 Å². The third-order valence-electron chi connectivity index (χ3n) is 2.46. The molecule has 0 unspecified atom stereocenters. The minimum Gasteiger partial charge on any atom is -0.493 e. The molecule has 5 nitrogen and oxygen atoms in total.